The van der Waals surface area contributed by atoms with Crippen LogP contribution < -0.4 is 15.2 Å². The summed E-state index contributed by atoms with van der Waals surface area (Å²) in [6.07, 6.45) is 1.91. The van der Waals surface area contributed by atoms with Gasteiger partial charge in [0.15, 0.2) is 23.1 Å². The van der Waals surface area contributed by atoms with Crippen molar-refractivity contribution in [1.82, 2.24) is 14.5 Å². The summed E-state index contributed by atoms with van der Waals surface area (Å²) in [5.41, 5.74) is 2.07. The first-order chi connectivity index (χ1) is 21.9. The number of nitrogens with zero attached hydrogens (tertiary/aromatic N) is 4. The highest BCUT2D eigenvalue weighted by atomic mass is 32.2. The zero-order valence-electron chi connectivity index (χ0n) is 24.1. The van der Waals surface area contributed by atoms with Crippen LogP contribution in [0.15, 0.2) is 88.7 Å². The number of rotatable bonds is 4. The molecule has 2 fully saturated rings. The average Bonchev–Trinajstić information content (AvgIpc) is 3.33. The lowest BCUT2D eigenvalue weighted by Crippen LogP contribution is -2.70. The summed E-state index contributed by atoms with van der Waals surface area (Å²) in [5.74, 6) is -2.07. The van der Waals surface area contributed by atoms with Crippen LogP contribution >= 0.6 is 11.8 Å². The van der Waals surface area contributed by atoms with E-state index in [-0.39, 0.29) is 60.3 Å². The van der Waals surface area contributed by atoms with Gasteiger partial charge in [-0.25, -0.2) is 8.78 Å². The van der Waals surface area contributed by atoms with Crippen molar-refractivity contribution in [2.45, 2.75) is 48.3 Å². The van der Waals surface area contributed by atoms with Crippen LogP contribution in [0.5, 0.6) is 5.75 Å². The fourth-order valence-corrected chi connectivity index (χ4v) is 8.21. The molecule has 2 saturated heterocycles. The van der Waals surface area contributed by atoms with Crippen LogP contribution in [0.2, 0.25) is 0 Å². The first kappa shape index (κ1) is 27.9. The topological polar surface area (TPSA) is 75.1 Å². The highest BCUT2D eigenvalue weighted by molar-refractivity contribution is 7.98. The van der Waals surface area contributed by atoms with Crippen molar-refractivity contribution in [3.63, 3.8) is 0 Å². The molecular formula is C34H28F2N4O4S. The summed E-state index contributed by atoms with van der Waals surface area (Å²) >= 11 is 1.42. The van der Waals surface area contributed by atoms with Crippen LogP contribution in [-0.2, 0) is 17.2 Å². The van der Waals surface area contributed by atoms with E-state index in [1.807, 2.05) is 64.5 Å². The quantitative estimate of drug-likeness (QED) is 0.323. The maximum Gasteiger partial charge on any atom is 0.278 e. The normalized spacial score (nSPS) is 21.8. The van der Waals surface area contributed by atoms with Gasteiger partial charge in [0.25, 0.3) is 5.91 Å². The van der Waals surface area contributed by atoms with E-state index in [2.05, 4.69) is 0 Å². The first-order valence-electron chi connectivity index (χ1n) is 14.9. The second-order valence-corrected chi connectivity index (χ2v) is 12.7. The van der Waals surface area contributed by atoms with Crippen LogP contribution in [0.3, 0.4) is 0 Å². The van der Waals surface area contributed by atoms with Gasteiger partial charge in [-0.1, -0.05) is 54.6 Å². The summed E-state index contributed by atoms with van der Waals surface area (Å²) in [7, 11) is 0. The summed E-state index contributed by atoms with van der Waals surface area (Å²) in [6, 6.07) is 20.3. The minimum absolute atomic E-state index is 0.0231. The monoisotopic (exact) mass is 626 g/mol. The SMILES string of the molecule is O=C1c2c(OCc3ccccc3)c(=O)ccn2N(C2c3ccccc3SCc3c2ccc(F)c3F)C2CN3C(=O)CC[C@H]3CN12. The Morgan fingerprint density at radius 1 is 0.867 bits per heavy atom. The van der Waals surface area contributed by atoms with Gasteiger partial charge >= 0.3 is 0 Å². The lowest BCUT2D eigenvalue weighted by Gasteiger charge is -2.54. The summed E-state index contributed by atoms with van der Waals surface area (Å²) in [6.45, 7) is 0.581. The largest absolute Gasteiger partial charge is 0.482 e. The van der Waals surface area contributed by atoms with Crippen molar-refractivity contribution >= 4 is 23.6 Å². The third kappa shape index (κ3) is 4.43. The standard InChI is InChI=1S/C34H28F2N4O4S/c35-25-12-11-22-24(30(25)36)19-45-27-9-5-4-8-23(27)31(22)40-28-17-37-21(10-13-29(37)42)16-38(28)34(43)32-33(26(41)14-15-39(32)40)44-18-20-6-2-1-3-7-20/h1-9,11-12,14-15,21,28,31H,10,13,16-19H2/t21-,28?,31?/m0/s1. The number of carbonyl (C=O) groups excluding carboxylic acids is 2. The van der Waals surface area contributed by atoms with Crippen LogP contribution in [-0.4, -0.2) is 51.6 Å². The van der Waals surface area contributed by atoms with Gasteiger partial charge in [0, 0.05) is 41.4 Å². The van der Waals surface area contributed by atoms with E-state index in [0.717, 1.165) is 22.1 Å². The van der Waals surface area contributed by atoms with Gasteiger partial charge in [-0.3, -0.25) is 24.1 Å². The predicted octanol–water partition coefficient (Wildman–Crippen LogP) is 4.83. The van der Waals surface area contributed by atoms with Gasteiger partial charge in [0.05, 0.1) is 18.6 Å². The molecule has 0 aliphatic carbocycles. The molecule has 45 heavy (non-hydrogen) atoms. The van der Waals surface area contributed by atoms with Crippen molar-refractivity contribution in [3.8, 4) is 5.75 Å². The summed E-state index contributed by atoms with van der Waals surface area (Å²) in [5, 5.41) is 1.94. The van der Waals surface area contributed by atoms with Crippen LogP contribution in [0.25, 0.3) is 0 Å². The molecule has 228 valence electrons. The molecule has 2 amide bonds. The molecule has 11 heteroatoms. The molecule has 1 aromatic heterocycles. The second kappa shape index (κ2) is 10.8. The fraction of sp³-hybridized carbons (Fsp3) is 0.265. The molecule has 0 bridgehead atoms. The van der Waals surface area contributed by atoms with Gasteiger partial charge in [-0.15, -0.1) is 11.8 Å². The number of fused-ring (bicyclic) bond motifs is 5. The number of ether oxygens (including phenoxy) is 1. The Morgan fingerprint density at radius 3 is 2.51 bits per heavy atom. The summed E-state index contributed by atoms with van der Waals surface area (Å²) < 4.78 is 37.9. The number of aromatic nitrogens is 1. The third-order valence-corrected chi connectivity index (χ3v) is 10.4. The highest BCUT2D eigenvalue weighted by Crippen LogP contribution is 2.46. The van der Waals surface area contributed by atoms with Crippen molar-refractivity contribution < 1.29 is 23.1 Å². The van der Waals surface area contributed by atoms with E-state index in [1.165, 1.54) is 17.8 Å². The van der Waals surface area contributed by atoms with E-state index in [1.54, 1.807) is 21.8 Å². The minimum atomic E-state index is -0.932. The summed E-state index contributed by atoms with van der Waals surface area (Å²) in [4.78, 5) is 45.2. The van der Waals surface area contributed by atoms with Gasteiger partial charge in [-0.2, -0.15) is 0 Å². The molecule has 4 aliphatic heterocycles. The number of thioether (sulfide) groups is 1. The average molecular weight is 627 g/mol. The molecule has 4 aliphatic rings. The third-order valence-electron chi connectivity index (χ3n) is 9.24. The fourth-order valence-electron chi connectivity index (χ4n) is 7.09. The van der Waals surface area contributed by atoms with Crippen molar-refractivity contribution in [2.24, 2.45) is 0 Å². The minimum Gasteiger partial charge on any atom is -0.482 e. The van der Waals surface area contributed by atoms with Crippen molar-refractivity contribution in [3.05, 3.63) is 129 Å². The van der Waals surface area contributed by atoms with Crippen molar-refractivity contribution in [2.75, 3.05) is 18.1 Å². The van der Waals surface area contributed by atoms with Gasteiger partial charge in [0.1, 0.15) is 12.8 Å². The number of carbonyl (C=O) groups is 2. The number of pyridine rings is 1. The zero-order chi connectivity index (χ0) is 30.8. The molecular weight excluding hydrogens is 598 g/mol. The number of benzene rings is 3. The molecule has 8 nitrogen and oxygen atoms in total. The molecule has 0 saturated carbocycles. The Bertz CT molecular complexity index is 1920. The molecule has 5 heterocycles. The van der Waals surface area contributed by atoms with E-state index in [4.69, 9.17) is 4.74 Å². The van der Waals surface area contributed by atoms with E-state index in [9.17, 15) is 18.8 Å². The first-order valence-corrected chi connectivity index (χ1v) is 15.9. The molecule has 3 atom stereocenters. The van der Waals surface area contributed by atoms with Crippen molar-refractivity contribution in [1.29, 1.82) is 0 Å². The van der Waals surface area contributed by atoms with Gasteiger partial charge < -0.3 is 14.5 Å². The van der Waals surface area contributed by atoms with E-state index >= 15 is 4.39 Å². The molecule has 0 spiro atoms. The second-order valence-electron chi connectivity index (χ2n) is 11.7. The van der Waals surface area contributed by atoms with Gasteiger partial charge in [-0.05, 0) is 35.2 Å². The Morgan fingerprint density at radius 2 is 1.67 bits per heavy atom. The van der Waals surface area contributed by atoms with Crippen LogP contribution in [0.4, 0.5) is 8.78 Å². The molecule has 0 N–H and O–H groups in total. The molecule has 2 unspecified atom stereocenters. The Balaban J connectivity index is 1.36. The predicted molar refractivity (Wildman–Crippen MR) is 163 cm³/mol. The van der Waals surface area contributed by atoms with E-state index in [0.29, 0.717) is 18.4 Å². The maximum atomic E-state index is 15.5. The molecule has 4 aromatic rings. The number of amides is 2. The Hall–Kier alpha value is -4.64. The van der Waals surface area contributed by atoms with Crippen LogP contribution in [0.1, 0.15) is 51.6 Å². The molecule has 0 radical (unpaired) electrons. The molecule has 8 rings (SSSR count). The van der Waals surface area contributed by atoms with Crippen LogP contribution in [0, 0.1) is 11.6 Å². The molecule has 3 aromatic carbocycles. The van der Waals surface area contributed by atoms with E-state index < -0.39 is 29.3 Å². The Labute approximate surface area is 261 Å². The number of hydrogen-bond donors (Lipinski definition) is 0. The lowest BCUT2D eigenvalue weighted by atomic mass is 9.92. The smallest absolute Gasteiger partial charge is 0.278 e. The lowest BCUT2D eigenvalue weighted by molar-refractivity contribution is -0.132. The highest BCUT2D eigenvalue weighted by Gasteiger charge is 2.51. The van der Waals surface area contributed by atoms with Gasteiger partial charge in [0.2, 0.25) is 11.3 Å². The number of piperazine rings is 1. The number of halogens is 2. The Kier molecular flexibility index (Phi) is 6.67. The number of hydrogen-bond acceptors (Lipinski definition) is 6. The maximum absolute atomic E-state index is 15.5. The zero-order valence-corrected chi connectivity index (χ0v) is 24.9.